The average Bonchev–Trinajstić information content (AvgIpc) is 2.49. The Bertz CT molecular complexity index is 575. The number of nitrogens with one attached hydrogen (secondary N) is 1. The first-order chi connectivity index (χ1) is 10.7. The summed E-state index contributed by atoms with van der Waals surface area (Å²) < 4.78 is 49.8. The van der Waals surface area contributed by atoms with Gasteiger partial charge in [-0.3, -0.25) is 4.79 Å². The highest BCUT2D eigenvalue weighted by Crippen LogP contribution is 2.32. The Morgan fingerprint density at radius 2 is 1.91 bits per heavy atom. The molecule has 7 nitrogen and oxygen atoms in total. The number of aliphatic hydroxyl groups is 1. The van der Waals surface area contributed by atoms with Crippen molar-refractivity contribution in [3.8, 4) is 11.5 Å². The molecule has 0 aromatic heterocycles. The molecular formula is C13H14F3NO6. The van der Waals surface area contributed by atoms with Crippen molar-refractivity contribution in [2.45, 2.75) is 12.4 Å². The zero-order chi connectivity index (χ0) is 17.6. The standard InChI is InChI=1S/C13H14F3NO6/c1-21-9-4-3-7(5-10(9)23-13(14,15)16)11(19)17-8(6-18)12(20)22-2/h3-5,8,18H,6H2,1-2H3,(H,17,19)/t8-/m1/s1. The first-order valence-electron chi connectivity index (χ1n) is 6.15. The highest BCUT2D eigenvalue weighted by molar-refractivity contribution is 5.97. The van der Waals surface area contributed by atoms with Crippen LogP contribution in [-0.4, -0.2) is 50.2 Å². The number of amides is 1. The molecule has 0 spiro atoms. The molecule has 0 bridgehead atoms. The van der Waals surface area contributed by atoms with Gasteiger partial charge < -0.3 is 24.6 Å². The lowest BCUT2D eigenvalue weighted by atomic mass is 10.1. The van der Waals surface area contributed by atoms with E-state index in [2.05, 4.69) is 14.8 Å². The molecule has 1 rings (SSSR count). The molecule has 23 heavy (non-hydrogen) atoms. The van der Waals surface area contributed by atoms with Gasteiger partial charge in [-0.1, -0.05) is 0 Å². The van der Waals surface area contributed by atoms with Gasteiger partial charge in [-0.2, -0.15) is 0 Å². The zero-order valence-electron chi connectivity index (χ0n) is 12.1. The molecule has 0 fully saturated rings. The van der Waals surface area contributed by atoms with Gasteiger partial charge >= 0.3 is 12.3 Å². The van der Waals surface area contributed by atoms with E-state index in [0.29, 0.717) is 0 Å². The second-order valence-corrected chi connectivity index (χ2v) is 4.15. The van der Waals surface area contributed by atoms with Crippen LogP contribution in [0.3, 0.4) is 0 Å². The normalized spacial score (nSPS) is 12.3. The topological polar surface area (TPSA) is 94.1 Å². The Balaban J connectivity index is 3.01. The van der Waals surface area contributed by atoms with Crippen LogP contribution in [-0.2, 0) is 9.53 Å². The summed E-state index contributed by atoms with van der Waals surface area (Å²) in [6.45, 7) is -0.736. The van der Waals surface area contributed by atoms with Gasteiger partial charge in [0.25, 0.3) is 5.91 Å². The van der Waals surface area contributed by atoms with Crippen LogP contribution in [0.2, 0.25) is 0 Å². The molecule has 0 heterocycles. The highest BCUT2D eigenvalue weighted by atomic mass is 19.4. The molecule has 1 amide bonds. The third kappa shape index (κ3) is 5.33. The number of halogens is 3. The molecule has 1 atom stereocenters. The molecule has 0 radical (unpaired) electrons. The maximum Gasteiger partial charge on any atom is 0.573 e. The number of esters is 1. The van der Waals surface area contributed by atoms with Crippen LogP contribution in [0.1, 0.15) is 10.4 Å². The van der Waals surface area contributed by atoms with E-state index in [1.54, 1.807) is 0 Å². The number of carbonyl (C=O) groups excluding carboxylic acids is 2. The number of carbonyl (C=O) groups is 2. The summed E-state index contributed by atoms with van der Waals surface area (Å²) in [6, 6.07) is 1.72. The fraction of sp³-hybridized carbons (Fsp3) is 0.385. The van der Waals surface area contributed by atoms with Gasteiger partial charge in [-0.05, 0) is 18.2 Å². The number of rotatable bonds is 6. The fourth-order valence-electron chi connectivity index (χ4n) is 1.59. The molecule has 0 saturated carbocycles. The molecule has 10 heteroatoms. The van der Waals surface area contributed by atoms with E-state index in [4.69, 9.17) is 9.84 Å². The second kappa shape index (κ2) is 7.68. The lowest BCUT2D eigenvalue weighted by Gasteiger charge is -2.16. The average molecular weight is 337 g/mol. The molecule has 128 valence electrons. The van der Waals surface area contributed by atoms with Crippen LogP contribution in [0.4, 0.5) is 13.2 Å². The molecule has 0 unspecified atom stereocenters. The zero-order valence-corrected chi connectivity index (χ0v) is 12.1. The molecule has 0 aliphatic heterocycles. The van der Waals surface area contributed by atoms with E-state index in [1.165, 1.54) is 6.07 Å². The number of hydrogen-bond acceptors (Lipinski definition) is 6. The molecule has 1 aromatic rings. The Hall–Kier alpha value is -2.49. The monoisotopic (exact) mass is 337 g/mol. The maximum absolute atomic E-state index is 12.3. The molecule has 1 aromatic carbocycles. The predicted molar refractivity (Wildman–Crippen MR) is 70.0 cm³/mol. The van der Waals surface area contributed by atoms with Crippen molar-refractivity contribution >= 4 is 11.9 Å². The van der Waals surface area contributed by atoms with Gasteiger partial charge in [0.2, 0.25) is 0 Å². The quantitative estimate of drug-likeness (QED) is 0.748. The summed E-state index contributed by atoms with van der Waals surface area (Å²) in [4.78, 5) is 23.2. The number of alkyl halides is 3. The third-order valence-corrected chi connectivity index (χ3v) is 2.63. The smallest absolute Gasteiger partial charge is 0.493 e. The minimum absolute atomic E-state index is 0.229. The van der Waals surface area contributed by atoms with Gasteiger partial charge in [0.1, 0.15) is 0 Å². The van der Waals surface area contributed by atoms with Crippen LogP contribution >= 0.6 is 0 Å². The van der Waals surface area contributed by atoms with Crippen LogP contribution in [0, 0.1) is 0 Å². The Morgan fingerprint density at radius 3 is 2.39 bits per heavy atom. The van der Waals surface area contributed by atoms with Crippen molar-refractivity contribution in [2.24, 2.45) is 0 Å². The first-order valence-corrected chi connectivity index (χ1v) is 6.15. The summed E-state index contributed by atoms with van der Waals surface area (Å²) in [5, 5.41) is 11.1. The van der Waals surface area contributed by atoms with Crippen LogP contribution in [0.5, 0.6) is 11.5 Å². The van der Waals surface area contributed by atoms with Crippen molar-refractivity contribution in [3.63, 3.8) is 0 Å². The van der Waals surface area contributed by atoms with Gasteiger partial charge in [-0.25, -0.2) is 4.79 Å². The highest BCUT2D eigenvalue weighted by Gasteiger charge is 2.33. The first kappa shape index (κ1) is 18.6. The summed E-state index contributed by atoms with van der Waals surface area (Å²) in [7, 11) is 2.19. The molecule has 0 aliphatic rings. The molecule has 2 N–H and O–H groups in total. The van der Waals surface area contributed by atoms with E-state index in [1.807, 2.05) is 0 Å². The minimum atomic E-state index is -4.97. The van der Waals surface area contributed by atoms with Crippen LogP contribution in [0.15, 0.2) is 18.2 Å². The van der Waals surface area contributed by atoms with E-state index in [0.717, 1.165) is 26.4 Å². The van der Waals surface area contributed by atoms with Crippen molar-refractivity contribution in [3.05, 3.63) is 23.8 Å². The van der Waals surface area contributed by atoms with Gasteiger partial charge in [-0.15, -0.1) is 13.2 Å². The largest absolute Gasteiger partial charge is 0.573 e. The number of aliphatic hydroxyl groups excluding tert-OH is 1. The van der Waals surface area contributed by atoms with Gasteiger partial charge in [0.15, 0.2) is 17.5 Å². The number of ether oxygens (including phenoxy) is 3. The van der Waals surface area contributed by atoms with E-state index < -0.39 is 36.6 Å². The van der Waals surface area contributed by atoms with Gasteiger partial charge in [0, 0.05) is 5.56 Å². The predicted octanol–water partition coefficient (Wildman–Crippen LogP) is 0.857. The number of hydrogen-bond donors (Lipinski definition) is 2. The van der Waals surface area contributed by atoms with E-state index in [-0.39, 0.29) is 11.3 Å². The molecule has 0 aliphatic carbocycles. The van der Waals surface area contributed by atoms with Gasteiger partial charge in [0.05, 0.1) is 20.8 Å². The second-order valence-electron chi connectivity index (χ2n) is 4.15. The molecular weight excluding hydrogens is 323 g/mol. The SMILES string of the molecule is COC(=O)[C@@H](CO)NC(=O)c1ccc(OC)c(OC(F)(F)F)c1. The lowest BCUT2D eigenvalue weighted by Crippen LogP contribution is -2.44. The van der Waals surface area contributed by atoms with Crippen LogP contribution in [0.25, 0.3) is 0 Å². The van der Waals surface area contributed by atoms with E-state index >= 15 is 0 Å². The maximum atomic E-state index is 12.3. The van der Waals surface area contributed by atoms with Crippen LogP contribution < -0.4 is 14.8 Å². The number of methoxy groups -OCH3 is 2. The Kier molecular flexibility index (Phi) is 6.19. The summed E-state index contributed by atoms with van der Waals surface area (Å²) in [5.74, 6) is -2.75. The summed E-state index contributed by atoms with van der Waals surface area (Å²) in [5.41, 5.74) is -0.229. The minimum Gasteiger partial charge on any atom is -0.493 e. The Labute approximate surface area is 128 Å². The fourth-order valence-corrected chi connectivity index (χ4v) is 1.59. The van der Waals surface area contributed by atoms with Crippen molar-refractivity contribution in [1.82, 2.24) is 5.32 Å². The van der Waals surface area contributed by atoms with Crippen molar-refractivity contribution in [2.75, 3.05) is 20.8 Å². The molecule has 0 saturated heterocycles. The lowest BCUT2D eigenvalue weighted by molar-refractivity contribution is -0.275. The third-order valence-electron chi connectivity index (χ3n) is 2.63. The van der Waals surface area contributed by atoms with E-state index in [9.17, 15) is 22.8 Å². The summed E-state index contributed by atoms with van der Waals surface area (Å²) in [6.07, 6.45) is -4.97. The number of benzene rings is 1. The summed E-state index contributed by atoms with van der Waals surface area (Å²) >= 11 is 0. The van der Waals surface area contributed by atoms with Crippen molar-refractivity contribution < 1.29 is 42.1 Å². The van der Waals surface area contributed by atoms with Crippen molar-refractivity contribution in [1.29, 1.82) is 0 Å². The Morgan fingerprint density at radius 1 is 1.26 bits per heavy atom.